The van der Waals surface area contributed by atoms with E-state index in [0.717, 1.165) is 68.7 Å². The molecule has 30 heavy (non-hydrogen) atoms. The number of carbonyl (C=O) groups excluding carboxylic acids is 1. The van der Waals surface area contributed by atoms with Crippen LogP contribution in [0.25, 0.3) is 0 Å². The Morgan fingerprint density at radius 2 is 1.90 bits per heavy atom. The third kappa shape index (κ3) is 4.43. The topological polar surface area (TPSA) is 50.8 Å². The van der Waals surface area contributed by atoms with E-state index in [9.17, 15) is 9.18 Å². The molecule has 1 spiro atoms. The molecule has 2 fully saturated rings. The highest BCUT2D eigenvalue weighted by molar-refractivity contribution is 5.83. The summed E-state index contributed by atoms with van der Waals surface area (Å²) in [5.74, 6) is 0.829. The van der Waals surface area contributed by atoms with Crippen LogP contribution in [0.15, 0.2) is 42.5 Å². The van der Waals surface area contributed by atoms with E-state index in [2.05, 4.69) is 22.3 Å². The molecule has 0 radical (unpaired) electrons. The Kier molecular flexibility index (Phi) is 6.23. The van der Waals surface area contributed by atoms with Crippen LogP contribution >= 0.6 is 0 Å². The van der Waals surface area contributed by atoms with Crippen molar-refractivity contribution >= 4 is 5.91 Å². The Hall–Kier alpha value is -2.60. The molecule has 0 saturated carbocycles. The number of rotatable bonds is 6. The molecule has 5 nitrogen and oxygen atoms in total. The van der Waals surface area contributed by atoms with Gasteiger partial charge in [0.05, 0.1) is 12.5 Å². The molecule has 1 N–H and O–H groups in total. The minimum Gasteiger partial charge on any atom is -0.496 e. The zero-order valence-corrected chi connectivity index (χ0v) is 17.5. The van der Waals surface area contributed by atoms with Gasteiger partial charge in [-0.15, -0.1) is 0 Å². The molecule has 4 rings (SSSR count). The fraction of sp³-hybridized carbons (Fsp3) is 0.458. The smallest absolute Gasteiger partial charge is 0.226 e. The van der Waals surface area contributed by atoms with Gasteiger partial charge in [-0.05, 0) is 68.6 Å². The molecule has 0 atom stereocenters. The van der Waals surface area contributed by atoms with Crippen LogP contribution in [0, 0.1) is 11.2 Å². The highest BCUT2D eigenvalue weighted by Crippen LogP contribution is 2.38. The van der Waals surface area contributed by atoms with Gasteiger partial charge in [0, 0.05) is 18.7 Å². The van der Waals surface area contributed by atoms with Crippen molar-refractivity contribution in [1.82, 2.24) is 10.2 Å². The predicted octanol–water partition coefficient (Wildman–Crippen LogP) is 3.91. The number of hydrogen-bond acceptors (Lipinski definition) is 4. The molecule has 0 bridgehead atoms. The second-order valence-electron chi connectivity index (χ2n) is 8.28. The van der Waals surface area contributed by atoms with Crippen LogP contribution in [0.3, 0.4) is 0 Å². The lowest BCUT2D eigenvalue weighted by atomic mass is 9.72. The van der Waals surface area contributed by atoms with Gasteiger partial charge in [0.25, 0.3) is 0 Å². The molecule has 0 aliphatic carbocycles. The van der Waals surface area contributed by atoms with Gasteiger partial charge in [-0.2, -0.15) is 0 Å². The normalized spacial score (nSPS) is 18.8. The number of methoxy groups -OCH3 is 1. The van der Waals surface area contributed by atoms with Crippen molar-refractivity contribution in [2.45, 2.75) is 38.8 Å². The minimum absolute atomic E-state index is 0.159. The summed E-state index contributed by atoms with van der Waals surface area (Å²) in [5.41, 5.74) is 1.89. The van der Waals surface area contributed by atoms with E-state index >= 15 is 0 Å². The Labute approximate surface area is 177 Å². The molecular formula is C24H29FN2O3. The highest BCUT2D eigenvalue weighted by atomic mass is 19.1. The lowest BCUT2D eigenvalue weighted by Crippen LogP contribution is -2.51. The number of nitrogens with one attached hydrogen (secondary N) is 1. The third-order valence-corrected chi connectivity index (χ3v) is 6.38. The summed E-state index contributed by atoms with van der Waals surface area (Å²) in [7, 11) is 1.63. The first-order valence-corrected chi connectivity index (χ1v) is 10.6. The summed E-state index contributed by atoms with van der Waals surface area (Å²) >= 11 is 0. The van der Waals surface area contributed by atoms with Crippen molar-refractivity contribution < 1.29 is 18.7 Å². The number of piperidine rings is 2. The van der Waals surface area contributed by atoms with Crippen molar-refractivity contribution in [3.05, 3.63) is 59.4 Å². The molecule has 2 aromatic carbocycles. The van der Waals surface area contributed by atoms with Crippen molar-refractivity contribution in [2.75, 3.05) is 26.7 Å². The molecule has 2 aliphatic rings. The summed E-state index contributed by atoms with van der Waals surface area (Å²) in [6.45, 7) is 3.70. The van der Waals surface area contributed by atoms with E-state index in [0.29, 0.717) is 0 Å². The van der Waals surface area contributed by atoms with E-state index in [1.807, 2.05) is 6.07 Å². The summed E-state index contributed by atoms with van der Waals surface area (Å²) in [4.78, 5) is 14.8. The van der Waals surface area contributed by atoms with E-state index in [1.54, 1.807) is 25.3 Å². The molecule has 6 heteroatoms. The average molecular weight is 413 g/mol. The van der Waals surface area contributed by atoms with Crippen LogP contribution < -0.4 is 14.8 Å². The minimum atomic E-state index is -0.374. The zero-order chi connectivity index (χ0) is 21.0. The van der Waals surface area contributed by atoms with Crippen LogP contribution in [0.2, 0.25) is 0 Å². The second kappa shape index (κ2) is 9.04. The van der Waals surface area contributed by atoms with Crippen LogP contribution in [-0.4, -0.2) is 37.6 Å². The summed E-state index contributed by atoms with van der Waals surface area (Å²) in [6, 6.07) is 12.5. The summed E-state index contributed by atoms with van der Waals surface area (Å²) in [5, 5.41) is 3.05. The van der Waals surface area contributed by atoms with Gasteiger partial charge in [-0.3, -0.25) is 9.69 Å². The number of carbonyl (C=O) groups is 1. The Balaban J connectivity index is 1.39. The Morgan fingerprint density at radius 1 is 1.10 bits per heavy atom. The quantitative estimate of drug-likeness (QED) is 0.782. The third-order valence-electron chi connectivity index (χ3n) is 6.38. The van der Waals surface area contributed by atoms with Gasteiger partial charge in [-0.1, -0.05) is 18.2 Å². The van der Waals surface area contributed by atoms with Gasteiger partial charge in [0.1, 0.15) is 12.4 Å². The maximum atomic E-state index is 13.9. The van der Waals surface area contributed by atoms with E-state index < -0.39 is 0 Å². The first-order chi connectivity index (χ1) is 14.6. The van der Waals surface area contributed by atoms with E-state index in [1.165, 1.54) is 6.07 Å². The largest absolute Gasteiger partial charge is 0.496 e. The molecule has 2 saturated heterocycles. The number of hydrogen-bond donors (Lipinski definition) is 1. The lowest BCUT2D eigenvalue weighted by molar-refractivity contribution is -0.136. The first kappa shape index (κ1) is 20.7. The molecule has 160 valence electrons. The van der Waals surface area contributed by atoms with E-state index in [-0.39, 0.29) is 29.5 Å². The van der Waals surface area contributed by atoms with E-state index in [4.69, 9.17) is 9.47 Å². The number of likely N-dealkylation sites (tertiary alicyclic amines) is 1. The molecule has 2 aliphatic heterocycles. The number of halogens is 1. The molecule has 2 aromatic rings. The monoisotopic (exact) mass is 412 g/mol. The van der Waals surface area contributed by atoms with Gasteiger partial charge in [0.2, 0.25) is 5.91 Å². The van der Waals surface area contributed by atoms with Crippen molar-refractivity contribution in [2.24, 2.45) is 5.41 Å². The lowest BCUT2D eigenvalue weighted by Gasteiger charge is -2.43. The maximum absolute atomic E-state index is 13.9. The maximum Gasteiger partial charge on any atom is 0.226 e. The highest BCUT2D eigenvalue weighted by Gasteiger charge is 2.42. The number of benzene rings is 2. The number of para-hydroxylation sites is 1. The first-order valence-electron chi connectivity index (χ1n) is 10.6. The average Bonchev–Trinajstić information content (AvgIpc) is 2.77. The molecule has 0 unspecified atom stereocenters. The SMILES string of the molecule is COc1ccc(CN2CCC3(CCCNC3=O)CC2)cc1COc1ccccc1F. The summed E-state index contributed by atoms with van der Waals surface area (Å²) < 4.78 is 25.0. The summed E-state index contributed by atoms with van der Waals surface area (Å²) in [6.07, 6.45) is 3.92. The number of ether oxygens (including phenoxy) is 2. The van der Waals surface area contributed by atoms with Crippen molar-refractivity contribution in [3.63, 3.8) is 0 Å². The number of nitrogens with zero attached hydrogens (tertiary/aromatic N) is 1. The molecule has 0 aromatic heterocycles. The van der Waals surface area contributed by atoms with Gasteiger partial charge >= 0.3 is 0 Å². The molecule has 2 heterocycles. The van der Waals surface area contributed by atoms with Crippen molar-refractivity contribution in [1.29, 1.82) is 0 Å². The fourth-order valence-electron chi connectivity index (χ4n) is 4.56. The fourth-order valence-corrected chi connectivity index (χ4v) is 4.56. The van der Waals surface area contributed by atoms with Crippen LogP contribution in [-0.2, 0) is 17.9 Å². The molecule has 1 amide bonds. The number of amides is 1. The molecular weight excluding hydrogens is 383 g/mol. The Morgan fingerprint density at radius 3 is 2.63 bits per heavy atom. The predicted molar refractivity (Wildman–Crippen MR) is 113 cm³/mol. The van der Waals surface area contributed by atoms with Gasteiger partial charge in [0.15, 0.2) is 11.6 Å². The van der Waals surface area contributed by atoms with Crippen LogP contribution in [0.5, 0.6) is 11.5 Å². The van der Waals surface area contributed by atoms with Gasteiger partial charge < -0.3 is 14.8 Å². The zero-order valence-electron chi connectivity index (χ0n) is 17.5. The Bertz CT molecular complexity index is 894. The van der Waals surface area contributed by atoms with Crippen LogP contribution in [0.1, 0.15) is 36.8 Å². The van der Waals surface area contributed by atoms with Crippen LogP contribution in [0.4, 0.5) is 4.39 Å². The standard InChI is InChI=1S/C24H29FN2O3/c1-29-21-8-7-18(15-19(21)17-30-22-6-3-2-5-20(22)25)16-27-13-10-24(11-14-27)9-4-12-26-23(24)28/h2-3,5-8,15H,4,9-14,16-17H2,1H3,(H,26,28). The second-order valence-corrected chi connectivity index (χ2v) is 8.28. The van der Waals surface area contributed by atoms with Crippen molar-refractivity contribution in [3.8, 4) is 11.5 Å². The van der Waals surface area contributed by atoms with Gasteiger partial charge in [-0.25, -0.2) is 4.39 Å².